The molecule has 4 amide bonds. The fourth-order valence-corrected chi connectivity index (χ4v) is 23.2. The predicted molar refractivity (Wildman–Crippen MR) is 552 cm³/mol. The highest BCUT2D eigenvalue weighted by Gasteiger charge is 2.40. The summed E-state index contributed by atoms with van der Waals surface area (Å²) in [7, 11) is -3.75. The number of hydrogen-bond acceptors (Lipinski definition) is 22. The number of phenolic OH excluding ortho intramolecular Hbond substituents is 15. The van der Waals surface area contributed by atoms with Crippen molar-refractivity contribution in [3.63, 3.8) is 0 Å². The first kappa shape index (κ1) is 105. The van der Waals surface area contributed by atoms with Gasteiger partial charge in [-0.1, -0.05) is 147 Å². The molecule has 3 aliphatic carbocycles. The van der Waals surface area contributed by atoms with Gasteiger partial charge in [0.1, 0.15) is 75.6 Å². The third-order valence-corrected chi connectivity index (χ3v) is 30.8. The molecule has 0 aromatic heterocycles. The molecule has 28 heteroatoms. The van der Waals surface area contributed by atoms with Crippen LogP contribution < -0.4 is 23.9 Å². The molecule has 27 nitrogen and oxygen atoms in total. The standard InChI is InChI=1S/C26H25NO4.C18H21NO4S.C18H19NO3.C15H21NO3.C13H17NO3.C12H16O3.C12H16O2/c1-2-16-11-12-27(23-13-17(28)14-24(29)25(16)23)26(30)31-15-22-20-9-5-3-7-18(20)19-8-4-6-10-21(19)22;1-3-13-8-9-19(16-10-14(20)11-17(21)18(13)16)24(22,23)15-6-4-12(2)5-7-15;1-2-12-8-9-19(18(22)13-6-4-3-5-7-13)15-10-14(20)11-16(21)17(12)15;1-4-10-5-6-16(15(19)9(2)3)12-7-11(17)8-13(18)14(10)12;1-3-9-4-5-14(8(2)15)11-6-10(16)7-12(17)13(9)11;1-2-7-4-3-5-8-6-9(13)11(14)12(15)10(7)8;1-2-8-4-3-5-9-6-10(13)7-11(14)12(8)9/h3-10,13-14,16,22,28-29H,2,11-12,15H2,1H3;4-7,10-11,13,20-21H,3,8-9H2,1-2H3;3-7,10-12,20-21H,2,8-9H2,1H3;7-10,17-18H,4-6H2,1-3H3;6-7,9,16-17H,3-5H2,1-2H3;6-7,13-15H,2-5H2,1H3;6-8,13-14H,2-5H2,1H3/t16-;13-;12-;10-;9-;7-;8-/m1111111/s1. The Labute approximate surface area is 831 Å². The summed E-state index contributed by atoms with van der Waals surface area (Å²) >= 11 is 0. The number of ether oxygens (including phenoxy) is 1. The van der Waals surface area contributed by atoms with E-state index >= 15 is 0 Å². The van der Waals surface area contributed by atoms with Crippen LogP contribution in [0.5, 0.6) is 86.2 Å². The zero-order valence-electron chi connectivity index (χ0n) is 82.7. The summed E-state index contributed by atoms with van der Waals surface area (Å²) in [6, 6.07) is 51.3. The Morgan fingerprint density at radius 1 is 0.359 bits per heavy atom. The van der Waals surface area contributed by atoms with Crippen LogP contribution in [0.1, 0.15) is 296 Å². The molecule has 5 aliphatic heterocycles. The van der Waals surface area contributed by atoms with Crippen molar-refractivity contribution >= 4 is 62.3 Å². The molecule has 19 rings (SSSR count). The van der Waals surface area contributed by atoms with Gasteiger partial charge in [-0.15, -0.1) is 0 Å². The molecule has 15 N–H and O–H groups in total. The minimum Gasteiger partial charge on any atom is -0.508 e. The highest BCUT2D eigenvalue weighted by molar-refractivity contribution is 7.92. The van der Waals surface area contributed by atoms with Gasteiger partial charge in [0.05, 0.1) is 33.3 Å². The summed E-state index contributed by atoms with van der Waals surface area (Å²) in [6.07, 6.45) is 16.1. The molecule has 0 saturated heterocycles. The summed E-state index contributed by atoms with van der Waals surface area (Å²) in [4.78, 5) is 56.3. The fourth-order valence-electron chi connectivity index (χ4n) is 21.7. The average Bonchev–Trinajstić information content (AvgIpc) is 1.41. The average molecular weight is 1960 g/mol. The zero-order chi connectivity index (χ0) is 103. The number of carbonyl (C=O) groups is 4. The van der Waals surface area contributed by atoms with Gasteiger partial charge in [0.15, 0.2) is 11.5 Å². The lowest BCUT2D eigenvalue weighted by molar-refractivity contribution is -0.121. The van der Waals surface area contributed by atoms with Crippen molar-refractivity contribution < 1.29 is 109 Å². The van der Waals surface area contributed by atoms with Crippen LogP contribution in [0.25, 0.3) is 11.1 Å². The molecule has 11 aromatic rings. The lowest BCUT2D eigenvalue weighted by Crippen LogP contribution is -2.39. The van der Waals surface area contributed by atoms with Gasteiger partial charge in [-0.05, 0) is 234 Å². The molecule has 0 bridgehead atoms. The molecular weight excluding hydrogens is 1820 g/mol. The first-order chi connectivity index (χ1) is 67.9. The molecule has 11 aromatic carbocycles. The van der Waals surface area contributed by atoms with E-state index in [1.54, 1.807) is 81.4 Å². The minimum atomic E-state index is -3.75. The number of amides is 4. The second kappa shape index (κ2) is 46.1. The normalized spacial score (nSPS) is 18.2. The van der Waals surface area contributed by atoms with Crippen molar-refractivity contribution in [2.45, 2.75) is 244 Å². The van der Waals surface area contributed by atoms with Crippen molar-refractivity contribution in [3.8, 4) is 97.4 Å². The van der Waals surface area contributed by atoms with E-state index in [-0.39, 0.29) is 157 Å². The highest BCUT2D eigenvalue weighted by atomic mass is 32.2. The van der Waals surface area contributed by atoms with Crippen LogP contribution in [0.3, 0.4) is 0 Å². The summed E-state index contributed by atoms with van der Waals surface area (Å²) < 4.78 is 33.2. The minimum absolute atomic E-state index is 0.00504. The first-order valence-corrected chi connectivity index (χ1v) is 51.1. The third kappa shape index (κ3) is 22.7. The number of benzene rings is 11. The van der Waals surface area contributed by atoms with Crippen molar-refractivity contribution in [3.05, 3.63) is 254 Å². The lowest BCUT2D eigenvalue weighted by atomic mass is 9.80. The third-order valence-electron chi connectivity index (χ3n) is 29.0. The molecule has 8 aliphatic rings. The van der Waals surface area contributed by atoms with Crippen LogP contribution in [0, 0.1) is 12.8 Å². The largest absolute Gasteiger partial charge is 0.508 e. The van der Waals surface area contributed by atoms with E-state index in [2.05, 4.69) is 65.8 Å². The Hall–Kier alpha value is -14.2. The fraction of sp³-hybridized carbons (Fsp3) is 0.386. The SMILES string of the molecule is CC[C@@H]1CCCc2cc(O)c(O)c(O)c21.CC[C@@H]1CCCc2cc(O)cc(O)c21.CC[C@@H]1CCN(C(=O)C(C)C)c2cc(O)cc(O)c21.CC[C@@H]1CCN(C(=O)OCC2c3ccccc3-c3ccccc32)c2cc(O)cc(O)c21.CC[C@@H]1CCN(C(=O)c2ccccc2)c2cc(O)cc(O)c21.CC[C@@H]1CCN(C(C)=O)c2cc(O)cc(O)c21.CC[C@@H]1CCN(S(=O)(=O)c2ccc(C)cc2)c2cc(O)cc(O)c21. The number of carbonyl (C=O) groups excluding carboxylic acids is 4. The Morgan fingerprint density at radius 2 is 0.704 bits per heavy atom. The molecule has 0 fully saturated rings. The number of anilines is 5. The number of phenols is 15. The van der Waals surface area contributed by atoms with E-state index in [4.69, 9.17) is 4.74 Å². The van der Waals surface area contributed by atoms with Crippen LogP contribution in [-0.4, -0.2) is 148 Å². The number of rotatable bonds is 13. The predicted octanol–water partition coefficient (Wildman–Crippen LogP) is 23.8. The summed E-state index contributed by atoms with van der Waals surface area (Å²) in [6.45, 7) is 24.5. The number of hydrogen-bond donors (Lipinski definition) is 15. The Balaban J connectivity index is 0.000000141. The maximum absolute atomic E-state index is 13.1. The molecule has 142 heavy (non-hydrogen) atoms. The zero-order valence-corrected chi connectivity index (χ0v) is 83.5. The van der Waals surface area contributed by atoms with Crippen molar-refractivity contribution in [1.82, 2.24) is 0 Å². The van der Waals surface area contributed by atoms with Crippen LogP contribution >= 0.6 is 0 Å². The van der Waals surface area contributed by atoms with Crippen molar-refractivity contribution in [2.75, 3.05) is 63.2 Å². The van der Waals surface area contributed by atoms with Crippen molar-refractivity contribution in [2.24, 2.45) is 5.92 Å². The molecule has 0 saturated carbocycles. The Kier molecular flexibility index (Phi) is 34.1. The number of fused-ring (bicyclic) bond motifs is 10. The Morgan fingerprint density at radius 3 is 1.14 bits per heavy atom. The Bertz CT molecular complexity index is 6460. The van der Waals surface area contributed by atoms with Crippen LogP contribution in [0.2, 0.25) is 0 Å². The molecule has 0 radical (unpaired) electrons. The molecule has 5 heterocycles. The molecule has 0 unspecified atom stereocenters. The van der Waals surface area contributed by atoms with Gasteiger partial charge in [-0.25, -0.2) is 13.2 Å². The maximum atomic E-state index is 13.1. The van der Waals surface area contributed by atoms with Gasteiger partial charge in [-0.2, -0.15) is 0 Å². The molecule has 0 spiro atoms. The van der Waals surface area contributed by atoms with Crippen LogP contribution in [0.4, 0.5) is 33.2 Å². The monoisotopic (exact) mass is 1960 g/mol. The number of aromatic hydroxyl groups is 15. The van der Waals surface area contributed by atoms with Crippen molar-refractivity contribution in [1.29, 1.82) is 0 Å². The second-order valence-corrected chi connectivity index (χ2v) is 40.0. The molecule has 7 atom stereocenters. The first-order valence-electron chi connectivity index (χ1n) is 49.7. The maximum Gasteiger partial charge on any atom is 0.414 e. The van der Waals surface area contributed by atoms with E-state index in [1.165, 1.54) is 75.8 Å². The van der Waals surface area contributed by atoms with E-state index in [0.717, 1.165) is 165 Å². The lowest BCUT2D eigenvalue weighted by Gasteiger charge is -2.35. The smallest absolute Gasteiger partial charge is 0.414 e. The summed E-state index contributed by atoms with van der Waals surface area (Å²) in [5.74, 6) is 1.10. The summed E-state index contributed by atoms with van der Waals surface area (Å²) in [5.41, 5.74) is 16.7. The topological polar surface area (TPSA) is 431 Å². The van der Waals surface area contributed by atoms with E-state index < -0.39 is 16.1 Å². The summed E-state index contributed by atoms with van der Waals surface area (Å²) in [5, 5.41) is 148. The van der Waals surface area contributed by atoms with Gasteiger partial charge in [0, 0.05) is 163 Å². The highest BCUT2D eigenvalue weighted by Crippen LogP contribution is 2.54. The van der Waals surface area contributed by atoms with Crippen LogP contribution in [-0.2, 0) is 37.2 Å². The van der Waals surface area contributed by atoms with Gasteiger partial charge < -0.3 is 96.0 Å². The van der Waals surface area contributed by atoms with Crippen LogP contribution in [0.15, 0.2) is 187 Å². The quantitative estimate of drug-likeness (QED) is 0.0477. The van der Waals surface area contributed by atoms with Gasteiger partial charge >= 0.3 is 6.09 Å². The molecular formula is C114H135N5O22S. The molecule has 754 valence electrons. The number of aryl methyl sites for hydroxylation is 3. The second-order valence-electron chi connectivity index (χ2n) is 38.1. The van der Waals surface area contributed by atoms with Gasteiger partial charge in [-0.3, -0.25) is 23.6 Å². The van der Waals surface area contributed by atoms with Gasteiger partial charge in [0.25, 0.3) is 15.9 Å². The van der Waals surface area contributed by atoms with E-state index in [1.807, 2.05) is 70.2 Å². The van der Waals surface area contributed by atoms with E-state index in [9.17, 15) is 104 Å². The number of nitrogens with zero attached hydrogens (tertiary/aromatic N) is 5. The van der Waals surface area contributed by atoms with Gasteiger partial charge in [0.2, 0.25) is 17.6 Å². The van der Waals surface area contributed by atoms with E-state index in [0.29, 0.717) is 96.1 Å². The number of sulfonamides is 1.